The average molecular weight is 341 g/mol. The number of carbonyl (C=O) groups is 1. The van der Waals surface area contributed by atoms with Gasteiger partial charge in [-0.25, -0.2) is 0 Å². The number of rotatable bonds is 3. The molecule has 2 aromatic rings. The van der Waals surface area contributed by atoms with E-state index in [1.165, 1.54) is 0 Å². The lowest BCUT2D eigenvalue weighted by Gasteiger charge is -2.31. The Hall–Kier alpha value is -2.40. The van der Waals surface area contributed by atoms with E-state index in [1.54, 1.807) is 26.4 Å². The van der Waals surface area contributed by atoms with Crippen LogP contribution in [-0.4, -0.2) is 31.2 Å². The van der Waals surface area contributed by atoms with Crippen LogP contribution in [0, 0.1) is 10.8 Å². The molecule has 25 heavy (non-hydrogen) atoms. The zero-order chi connectivity index (χ0) is 18.6. The van der Waals surface area contributed by atoms with Crippen LogP contribution in [0.15, 0.2) is 35.5 Å². The Balaban J connectivity index is 0.000000701. The first-order valence-electron chi connectivity index (χ1n) is 8.36. The summed E-state index contributed by atoms with van der Waals surface area (Å²) in [6.45, 7) is 4.42. The summed E-state index contributed by atoms with van der Waals surface area (Å²) in [5, 5.41) is 9.48. The highest BCUT2D eigenvalue weighted by Gasteiger charge is 2.28. The molecule has 5 heteroatoms. The third-order valence-corrected chi connectivity index (χ3v) is 4.46. The van der Waals surface area contributed by atoms with Gasteiger partial charge in [0, 0.05) is 36.4 Å². The standard InChI is InChI=1S/C18H21N3O.C2H6O/c1-18(2)6-5-13(14(19)9-18)17(20)16-8-12-4-3-11(10-22)7-15(12)21-16;1-3-2/h3-4,7-8,10,20-21H,5-6,9,19H2,1-2H3;1-2H3. The second-order valence-corrected chi connectivity index (χ2v) is 7.28. The first-order valence-corrected chi connectivity index (χ1v) is 8.36. The molecule has 1 heterocycles. The lowest BCUT2D eigenvalue weighted by atomic mass is 9.75. The number of allylic oxidation sites excluding steroid dienone is 2. The molecule has 0 amide bonds. The van der Waals surface area contributed by atoms with E-state index >= 15 is 0 Å². The van der Waals surface area contributed by atoms with Gasteiger partial charge in [-0.1, -0.05) is 26.0 Å². The number of nitrogens with one attached hydrogen (secondary N) is 2. The molecule has 0 atom stereocenters. The predicted octanol–water partition coefficient (Wildman–Crippen LogP) is 4.03. The monoisotopic (exact) mass is 341 g/mol. The van der Waals surface area contributed by atoms with Crippen LogP contribution in [0.2, 0.25) is 0 Å². The van der Waals surface area contributed by atoms with Gasteiger partial charge in [-0.3, -0.25) is 10.2 Å². The van der Waals surface area contributed by atoms with Crippen molar-refractivity contribution in [3.63, 3.8) is 0 Å². The van der Waals surface area contributed by atoms with E-state index in [0.29, 0.717) is 11.3 Å². The van der Waals surface area contributed by atoms with Crippen LogP contribution in [0.3, 0.4) is 0 Å². The molecule has 3 rings (SSSR count). The normalized spacial score (nSPS) is 16.3. The first kappa shape index (κ1) is 18.9. The molecule has 0 bridgehead atoms. The highest BCUT2D eigenvalue weighted by Crippen LogP contribution is 2.37. The van der Waals surface area contributed by atoms with Gasteiger partial charge in [0.05, 0.1) is 11.4 Å². The number of nitrogens with two attached hydrogens (primary N) is 1. The van der Waals surface area contributed by atoms with E-state index in [4.69, 9.17) is 11.1 Å². The molecular weight excluding hydrogens is 314 g/mol. The molecule has 4 N–H and O–H groups in total. The van der Waals surface area contributed by atoms with Gasteiger partial charge in [-0.05, 0) is 42.4 Å². The van der Waals surface area contributed by atoms with Crippen molar-refractivity contribution in [1.82, 2.24) is 4.98 Å². The number of H-pyrrole nitrogens is 1. The molecule has 5 nitrogen and oxygen atoms in total. The van der Waals surface area contributed by atoms with Gasteiger partial charge >= 0.3 is 0 Å². The molecule has 0 unspecified atom stereocenters. The molecule has 1 aromatic heterocycles. The van der Waals surface area contributed by atoms with Crippen molar-refractivity contribution in [2.24, 2.45) is 11.1 Å². The Morgan fingerprint density at radius 3 is 2.60 bits per heavy atom. The van der Waals surface area contributed by atoms with Gasteiger partial charge in [0.1, 0.15) is 6.29 Å². The van der Waals surface area contributed by atoms with Crippen molar-refractivity contribution >= 4 is 22.9 Å². The summed E-state index contributed by atoms with van der Waals surface area (Å²) >= 11 is 0. The number of aldehydes is 1. The van der Waals surface area contributed by atoms with E-state index in [0.717, 1.165) is 53.4 Å². The van der Waals surface area contributed by atoms with Crippen LogP contribution in [0.4, 0.5) is 0 Å². The summed E-state index contributed by atoms with van der Waals surface area (Å²) in [5.74, 6) is 0. The van der Waals surface area contributed by atoms with Crippen molar-refractivity contribution in [3.8, 4) is 0 Å². The lowest BCUT2D eigenvalue weighted by molar-refractivity contribution is 0.112. The third-order valence-electron chi connectivity index (χ3n) is 4.46. The van der Waals surface area contributed by atoms with Crippen LogP contribution >= 0.6 is 0 Å². The average Bonchev–Trinajstić information content (AvgIpc) is 2.97. The highest BCUT2D eigenvalue weighted by molar-refractivity contribution is 6.12. The smallest absolute Gasteiger partial charge is 0.150 e. The minimum atomic E-state index is 0.215. The summed E-state index contributed by atoms with van der Waals surface area (Å²) in [6.07, 6.45) is 3.54. The van der Waals surface area contributed by atoms with Gasteiger partial charge < -0.3 is 15.5 Å². The first-order chi connectivity index (χ1) is 11.8. The SMILES string of the molecule is CC1(C)CCC(C(=N)c2cc3ccc(C=O)cc3[nH]2)=C(N)C1.COC. The lowest BCUT2D eigenvalue weighted by Crippen LogP contribution is -2.25. The molecule has 0 radical (unpaired) electrons. The topological polar surface area (TPSA) is 92.0 Å². The van der Waals surface area contributed by atoms with Crippen molar-refractivity contribution in [3.05, 3.63) is 46.8 Å². The molecule has 134 valence electrons. The van der Waals surface area contributed by atoms with Gasteiger partial charge in [0.25, 0.3) is 0 Å². The second-order valence-electron chi connectivity index (χ2n) is 7.28. The molecule has 0 saturated carbocycles. The number of hydrogen-bond acceptors (Lipinski definition) is 4. The Bertz CT molecular complexity index is 815. The number of aromatic nitrogens is 1. The number of ether oxygens (including phenoxy) is 1. The molecule has 0 aliphatic heterocycles. The molecule has 0 fully saturated rings. The van der Waals surface area contributed by atoms with Crippen LogP contribution in [0.1, 0.15) is 49.2 Å². The van der Waals surface area contributed by atoms with Crippen molar-refractivity contribution in [1.29, 1.82) is 5.41 Å². The van der Waals surface area contributed by atoms with E-state index in [2.05, 4.69) is 23.6 Å². The molecule has 0 saturated heterocycles. The maximum atomic E-state index is 10.9. The minimum Gasteiger partial charge on any atom is -0.402 e. The highest BCUT2D eigenvalue weighted by atomic mass is 16.4. The van der Waals surface area contributed by atoms with Crippen LogP contribution in [0.5, 0.6) is 0 Å². The van der Waals surface area contributed by atoms with Gasteiger partial charge in [0.2, 0.25) is 0 Å². The van der Waals surface area contributed by atoms with E-state index in [1.807, 2.05) is 12.1 Å². The number of methoxy groups -OCH3 is 1. The molecule has 1 aliphatic carbocycles. The summed E-state index contributed by atoms with van der Waals surface area (Å²) in [6, 6.07) is 7.44. The van der Waals surface area contributed by atoms with Crippen molar-refractivity contribution < 1.29 is 9.53 Å². The fourth-order valence-corrected chi connectivity index (χ4v) is 3.14. The summed E-state index contributed by atoms with van der Waals surface area (Å²) in [4.78, 5) is 14.1. The fraction of sp³-hybridized carbons (Fsp3) is 0.400. The largest absolute Gasteiger partial charge is 0.402 e. The van der Waals surface area contributed by atoms with Gasteiger partial charge in [0.15, 0.2) is 0 Å². The summed E-state index contributed by atoms with van der Waals surface area (Å²) in [5.41, 5.74) is 10.9. The van der Waals surface area contributed by atoms with E-state index in [-0.39, 0.29) is 5.41 Å². The zero-order valence-corrected chi connectivity index (χ0v) is 15.4. The molecule has 0 spiro atoms. The Labute approximate surface area is 148 Å². The maximum Gasteiger partial charge on any atom is 0.150 e. The molecule has 1 aromatic carbocycles. The summed E-state index contributed by atoms with van der Waals surface area (Å²) < 4.78 is 4.25. The van der Waals surface area contributed by atoms with Crippen LogP contribution < -0.4 is 5.73 Å². The number of fused-ring (bicyclic) bond motifs is 1. The van der Waals surface area contributed by atoms with E-state index in [9.17, 15) is 4.79 Å². The summed E-state index contributed by atoms with van der Waals surface area (Å²) in [7, 11) is 3.25. The minimum absolute atomic E-state index is 0.215. The van der Waals surface area contributed by atoms with Crippen molar-refractivity contribution in [2.45, 2.75) is 33.1 Å². The number of benzene rings is 1. The number of aromatic amines is 1. The zero-order valence-electron chi connectivity index (χ0n) is 15.4. The Kier molecular flexibility index (Phi) is 5.80. The maximum absolute atomic E-state index is 10.9. The Morgan fingerprint density at radius 1 is 1.32 bits per heavy atom. The second kappa shape index (κ2) is 7.66. The number of hydrogen-bond donors (Lipinski definition) is 3. The molecule has 1 aliphatic rings. The predicted molar refractivity (Wildman–Crippen MR) is 102 cm³/mol. The quantitative estimate of drug-likeness (QED) is 0.581. The van der Waals surface area contributed by atoms with Crippen LogP contribution in [-0.2, 0) is 4.74 Å². The third kappa shape index (κ3) is 4.37. The van der Waals surface area contributed by atoms with E-state index < -0.39 is 0 Å². The Morgan fingerprint density at radius 2 is 2.00 bits per heavy atom. The number of carbonyl (C=O) groups excluding carboxylic acids is 1. The van der Waals surface area contributed by atoms with Crippen LogP contribution in [0.25, 0.3) is 10.9 Å². The van der Waals surface area contributed by atoms with Gasteiger partial charge in [-0.2, -0.15) is 0 Å². The van der Waals surface area contributed by atoms with Crippen molar-refractivity contribution in [2.75, 3.05) is 14.2 Å². The molecular formula is C20H27N3O2. The fourth-order valence-electron chi connectivity index (χ4n) is 3.14. The van der Waals surface area contributed by atoms with Gasteiger partial charge in [-0.15, -0.1) is 0 Å².